The molecule has 0 fully saturated rings. The molecule has 0 radical (unpaired) electrons. The van der Waals surface area contributed by atoms with Gasteiger partial charge in [-0.25, -0.2) is 9.97 Å². The van der Waals surface area contributed by atoms with E-state index in [0.29, 0.717) is 0 Å². The van der Waals surface area contributed by atoms with E-state index in [-0.39, 0.29) is 0 Å². The average molecular weight is 371 g/mol. The molecule has 0 saturated carbocycles. The molecular formula is C26H17N3. The van der Waals surface area contributed by atoms with Crippen molar-refractivity contribution in [1.82, 2.24) is 14.5 Å². The van der Waals surface area contributed by atoms with Gasteiger partial charge in [0.1, 0.15) is 11.3 Å². The van der Waals surface area contributed by atoms with Crippen molar-refractivity contribution in [3.05, 3.63) is 103 Å². The van der Waals surface area contributed by atoms with Gasteiger partial charge in [-0.1, -0.05) is 66.7 Å². The first kappa shape index (κ1) is 16.0. The molecule has 3 heteroatoms. The quantitative estimate of drug-likeness (QED) is 0.330. The number of benzene rings is 4. The summed E-state index contributed by atoms with van der Waals surface area (Å²) in [5.41, 5.74) is 3.95. The zero-order valence-corrected chi connectivity index (χ0v) is 15.7. The van der Waals surface area contributed by atoms with Crippen molar-refractivity contribution < 1.29 is 0 Å². The van der Waals surface area contributed by atoms with Crippen molar-refractivity contribution in [2.75, 3.05) is 0 Å². The molecule has 0 aliphatic heterocycles. The number of imidazole rings is 1. The van der Waals surface area contributed by atoms with E-state index >= 15 is 0 Å². The van der Waals surface area contributed by atoms with Crippen LogP contribution in [0.4, 0.5) is 0 Å². The first-order valence-corrected chi connectivity index (χ1v) is 9.70. The molecule has 3 nitrogen and oxygen atoms in total. The van der Waals surface area contributed by atoms with Crippen LogP contribution in [0, 0.1) is 0 Å². The van der Waals surface area contributed by atoms with E-state index in [2.05, 4.69) is 88.4 Å². The molecule has 2 aromatic heterocycles. The van der Waals surface area contributed by atoms with Gasteiger partial charge in [0.2, 0.25) is 0 Å². The fraction of sp³-hybridized carbons (Fsp3) is 0. The van der Waals surface area contributed by atoms with E-state index in [9.17, 15) is 0 Å². The maximum Gasteiger partial charge on any atom is 0.164 e. The summed E-state index contributed by atoms with van der Waals surface area (Å²) in [6, 6.07) is 33.6. The SMILES string of the molecule is c1ccc(-n2c(-c3c4ccccc4cc4ccccc34)nc3cccnc32)cc1. The predicted molar refractivity (Wildman–Crippen MR) is 119 cm³/mol. The molecule has 0 spiro atoms. The van der Waals surface area contributed by atoms with Crippen LogP contribution in [0.25, 0.3) is 49.8 Å². The summed E-state index contributed by atoms with van der Waals surface area (Å²) in [4.78, 5) is 9.72. The molecule has 4 aromatic carbocycles. The number of pyridine rings is 1. The second-order valence-corrected chi connectivity index (χ2v) is 7.15. The highest BCUT2D eigenvalue weighted by Gasteiger charge is 2.19. The Bertz CT molecular complexity index is 1440. The van der Waals surface area contributed by atoms with Gasteiger partial charge in [0, 0.05) is 17.4 Å². The van der Waals surface area contributed by atoms with E-state index in [0.717, 1.165) is 28.2 Å². The molecule has 0 atom stereocenters. The molecule has 0 amide bonds. The third-order valence-electron chi connectivity index (χ3n) is 5.43. The molecule has 29 heavy (non-hydrogen) atoms. The maximum atomic E-state index is 5.06. The number of nitrogens with zero attached hydrogens (tertiary/aromatic N) is 3. The van der Waals surface area contributed by atoms with Gasteiger partial charge in [-0.05, 0) is 51.9 Å². The molecule has 0 saturated heterocycles. The van der Waals surface area contributed by atoms with Crippen molar-refractivity contribution >= 4 is 32.7 Å². The fourth-order valence-electron chi connectivity index (χ4n) is 4.16. The third kappa shape index (κ3) is 2.44. The van der Waals surface area contributed by atoms with Crippen LogP contribution in [0.1, 0.15) is 0 Å². The highest BCUT2D eigenvalue weighted by molar-refractivity contribution is 6.12. The summed E-state index contributed by atoms with van der Waals surface area (Å²) in [6.45, 7) is 0. The van der Waals surface area contributed by atoms with Crippen LogP contribution in [0.15, 0.2) is 103 Å². The molecule has 0 unspecified atom stereocenters. The molecule has 0 bridgehead atoms. The van der Waals surface area contributed by atoms with Crippen LogP contribution in [0.3, 0.4) is 0 Å². The van der Waals surface area contributed by atoms with E-state index in [4.69, 9.17) is 4.98 Å². The third-order valence-corrected chi connectivity index (χ3v) is 5.43. The standard InChI is InChI=1S/C26H17N3/c1-2-11-20(12-3-1)29-25-23(15-8-16-27-25)28-26(29)24-21-13-6-4-9-18(21)17-19-10-5-7-14-22(19)24/h1-17H. The van der Waals surface area contributed by atoms with Crippen molar-refractivity contribution in [1.29, 1.82) is 0 Å². The zero-order chi connectivity index (χ0) is 19.2. The minimum absolute atomic E-state index is 0.866. The second kappa shape index (κ2) is 6.28. The van der Waals surface area contributed by atoms with Gasteiger partial charge in [-0.2, -0.15) is 0 Å². The van der Waals surface area contributed by atoms with Gasteiger partial charge in [-0.15, -0.1) is 0 Å². The summed E-state index contributed by atoms with van der Waals surface area (Å²) < 4.78 is 2.17. The van der Waals surface area contributed by atoms with E-state index in [1.54, 1.807) is 0 Å². The molecule has 0 aliphatic rings. The molecule has 136 valence electrons. The van der Waals surface area contributed by atoms with Gasteiger partial charge >= 0.3 is 0 Å². The number of hydrogen-bond acceptors (Lipinski definition) is 2. The van der Waals surface area contributed by atoms with Gasteiger partial charge in [0.05, 0.1) is 0 Å². The largest absolute Gasteiger partial charge is 0.277 e. The normalized spacial score (nSPS) is 11.4. The molecular weight excluding hydrogens is 354 g/mol. The lowest BCUT2D eigenvalue weighted by atomic mass is 9.96. The summed E-state index contributed by atoms with van der Waals surface area (Å²) in [6.07, 6.45) is 1.83. The summed E-state index contributed by atoms with van der Waals surface area (Å²) in [5, 5.41) is 4.80. The summed E-state index contributed by atoms with van der Waals surface area (Å²) in [7, 11) is 0. The van der Waals surface area contributed by atoms with Crippen LogP contribution in [0.5, 0.6) is 0 Å². The van der Waals surface area contributed by atoms with Gasteiger partial charge in [0.15, 0.2) is 5.65 Å². The molecule has 0 aliphatic carbocycles. The minimum atomic E-state index is 0.866. The van der Waals surface area contributed by atoms with Crippen molar-refractivity contribution in [2.24, 2.45) is 0 Å². The fourth-order valence-corrected chi connectivity index (χ4v) is 4.16. The van der Waals surface area contributed by atoms with Crippen molar-refractivity contribution in [3.63, 3.8) is 0 Å². The lowest BCUT2D eigenvalue weighted by molar-refractivity contribution is 1.08. The van der Waals surface area contributed by atoms with E-state index < -0.39 is 0 Å². The number of hydrogen-bond donors (Lipinski definition) is 0. The van der Waals surface area contributed by atoms with Gasteiger partial charge < -0.3 is 0 Å². The Labute approximate surface area is 167 Å². The van der Waals surface area contributed by atoms with Crippen molar-refractivity contribution in [3.8, 4) is 17.1 Å². The van der Waals surface area contributed by atoms with Crippen molar-refractivity contribution in [2.45, 2.75) is 0 Å². The van der Waals surface area contributed by atoms with E-state index in [1.165, 1.54) is 21.5 Å². The monoisotopic (exact) mass is 371 g/mol. The van der Waals surface area contributed by atoms with Crippen LogP contribution in [-0.4, -0.2) is 14.5 Å². The molecule has 6 aromatic rings. The Hall–Kier alpha value is -3.98. The Balaban J connectivity index is 1.83. The number of para-hydroxylation sites is 1. The number of rotatable bonds is 2. The van der Waals surface area contributed by atoms with Crippen LogP contribution >= 0.6 is 0 Å². The Morgan fingerprint density at radius 2 is 1.28 bits per heavy atom. The van der Waals surface area contributed by atoms with Crippen LogP contribution in [0.2, 0.25) is 0 Å². The van der Waals surface area contributed by atoms with Crippen LogP contribution < -0.4 is 0 Å². The average Bonchev–Trinajstić information content (AvgIpc) is 3.17. The summed E-state index contributed by atoms with van der Waals surface area (Å²) in [5.74, 6) is 0.915. The van der Waals surface area contributed by atoms with Crippen LogP contribution in [-0.2, 0) is 0 Å². The maximum absolute atomic E-state index is 5.06. The number of fused-ring (bicyclic) bond motifs is 3. The zero-order valence-electron chi connectivity index (χ0n) is 15.7. The highest BCUT2D eigenvalue weighted by Crippen LogP contribution is 2.38. The topological polar surface area (TPSA) is 30.7 Å². The first-order valence-electron chi connectivity index (χ1n) is 9.70. The predicted octanol–water partition coefficient (Wildman–Crippen LogP) is 6.39. The first-order chi connectivity index (χ1) is 14.4. The molecule has 2 heterocycles. The minimum Gasteiger partial charge on any atom is -0.277 e. The second-order valence-electron chi connectivity index (χ2n) is 7.15. The smallest absolute Gasteiger partial charge is 0.164 e. The van der Waals surface area contributed by atoms with Gasteiger partial charge in [0.25, 0.3) is 0 Å². The van der Waals surface area contributed by atoms with Gasteiger partial charge in [-0.3, -0.25) is 4.57 Å². The molecule has 0 N–H and O–H groups in total. The Morgan fingerprint density at radius 3 is 2.00 bits per heavy atom. The Morgan fingerprint density at radius 1 is 0.621 bits per heavy atom. The number of aromatic nitrogens is 3. The Kier molecular flexibility index (Phi) is 3.47. The highest BCUT2D eigenvalue weighted by atomic mass is 15.1. The molecule has 6 rings (SSSR count). The van der Waals surface area contributed by atoms with E-state index in [1.807, 2.05) is 24.4 Å². The lowest BCUT2D eigenvalue weighted by Crippen LogP contribution is -1.99. The lowest BCUT2D eigenvalue weighted by Gasteiger charge is -2.14. The summed E-state index contributed by atoms with van der Waals surface area (Å²) >= 11 is 0.